The van der Waals surface area contributed by atoms with Crippen molar-refractivity contribution in [2.24, 2.45) is 4.99 Å². The highest BCUT2D eigenvalue weighted by Gasteiger charge is 2.19. The predicted molar refractivity (Wildman–Crippen MR) is 81.6 cm³/mol. The van der Waals surface area contributed by atoms with Crippen LogP contribution in [0.2, 0.25) is 0 Å². The van der Waals surface area contributed by atoms with E-state index >= 15 is 0 Å². The SMILES string of the molecule is CC1N=CC=[N+]1Cc1ccc(/C=[N+](\[O-])c2ccccc2)o1. The fourth-order valence-corrected chi connectivity index (χ4v) is 2.14. The van der Waals surface area contributed by atoms with Gasteiger partial charge in [0.1, 0.15) is 0 Å². The smallest absolute Gasteiger partial charge is 0.243 e. The maximum Gasteiger partial charge on any atom is 0.243 e. The average Bonchev–Trinajstić information content (AvgIpc) is 3.10. The molecule has 2 aromatic rings. The van der Waals surface area contributed by atoms with E-state index in [1.807, 2.05) is 37.4 Å². The van der Waals surface area contributed by atoms with Gasteiger partial charge in [0.2, 0.25) is 24.6 Å². The van der Waals surface area contributed by atoms with Crippen LogP contribution in [-0.4, -0.2) is 34.1 Å². The van der Waals surface area contributed by atoms with Gasteiger partial charge < -0.3 is 9.62 Å². The second-order valence-corrected chi connectivity index (χ2v) is 4.85. The van der Waals surface area contributed by atoms with Crippen molar-refractivity contribution in [1.29, 1.82) is 0 Å². The predicted octanol–water partition coefficient (Wildman–Crippen LogP) is 2.55. The van der Waals surface area contributed by atoms with Crippen molar-refractivity contribution in [3.8, 4) is 0 Å². The third-order valence-corrected chi connectivity index (χ3v) is 3.32. The van der Waals surface area contributed by atoms with Gasteiger partial charge in [0.05, 0.1) is 6.21 Å². The van der Waals surface area contributed by atoms with Crippen molar-refractivity contribution in [2.75, 3.05) is 0 Å². The van der Waals surface area contributed by atoms with Crippen molar-refractivity contribution in [3.05, 3.63) is 59.2 Å². The largest absolute Gasteiger partial charge is 0.618 e. The maximum absolute atomic E-state index is 12.0. The summed E-state index contributed by atoms with van der Waals surface area (Å²) < 4.78 is 8.54. The summed E-state index contributed by atoms with van der Waals surface area (Å²) in [5, 5.41) is 12.0. The summed E-state index contributed by atoms with van der Waals surface area (Å²) in [7, 11) is 0. The van der Waals surface area contributed by atoms with Gasteiger partial charge in [0.25, 0.3) is 0 Å². The quantitative estimate of drug-likeness (QED) is 0.374. The molecule has 0 aliphatic carbocycles. The molecule has 21 heavy (non-hydrogen) atoms. The Morgan fingerprint density at radius 2 is 2.10 bits per heavy atom. The molecule has 1 unspecified atom stereocenters. The van der Waals surface area contributed by atoms with E-state index in [1.54, 1.807) is 24.4 Å². The van der Waals surface area contributed by atoms with Gasteiger partial charge in [0.15, 0.2) is 17.7 Å². The van der Waals surface area contributed by atoms with E-state index in [1.165, 1.54) is 6.21 Å². The van der Waals surface area contributed by atoms with Crippen LogP contribution >= 0.6 is 0 Å². The topological polar surface area (TPSA) is 54.6 Å². The lowest BCUT2D eigenvalue weighted by Crippen LogP contribution is -2.17. The van der Waals surface area contributed by atoms with E-state index < -0.39 is 0 Å². The molecule has 1 aromatic carbocycles. The van der Waals surface area contributed by atoms with E-state index in [9.17, 15) is 5.21 Å². The molecule has 3 rings (SSSR count). The molecule has 2 heterocycles. The molecule has 106 valence electrons. The van der Waals surface area contributed by atoms with Crippen molar-refractivity contribution in [2.45, 2.75) is 19.6 Å². The normalized spacial score (nSPS) is 18.0. The third-order valence-electron chi connectivity index (χ3n) is 3.32. The van der Waals surface area contributed by atoms with Gasteiger partial charge in [-0.1, -0.05) is 18.2 Å². The Kier molecular flexibility index (Phi) is 3.64. The number of aliphatic imine (C=N–C) groups is 1. The van der Waals surface area contributed by atoms with Crippen molar-refractivity contribution >= 4 is 24.3 Å². The summed E-state index contributed by atoms with van der Waals surface area (Å²) >= 11 is 0. The highest BCUT2D eigenvalue weighted by molar-refractivity contribution is 6.14. The number of hydrogen-bond acceptors (Lipinski definition) is 3. The number of rotatable bonds is 4. The zero-order valence-electron chi connectivity index (χ0n) is 11.7. The van der Waals surface area contributed by atoms with E-state index in [4.69, 9.17) is 4.42 Å². The lowest BCUT2D eigenvalue weighted by molar-refractivity contribution is -0.569. The fraction of sp³-hybridized carbons (Fsp3) is 0.188. The molecule has 0 bridgehead atoms. The first-order chi connectivity index (χ1) is 10.2. The van der Waals surface area contributed by atoms with Gasteiger partial charge in [-0.25, -0.2) is 9.57 Å². The highest BCUT2D eigenvalue weighted by atomic mass is 16.5. The molecule has 1 aliphatic rings. The Balaban J connectivity index is 1.73. The highest BCUT2D eigenvalue weighted by Crippen LogP contribution is 2.12. The Labute approximate surface area is 122 Å². The Morgan fingerprint density at radius 3 is 2.81 bits per heavy atom. The van der Waals surface area contributed by atoms with Crippen LogP contribution in [0.1, 0.15) is 18.4 Å². The fourth-order valence-electron chi connectivity index (χ4n) is 2.14. The molecule has 5 nitrogen and oxygen atoms in total. The Hall–Kier alpha value is -2.69. The first kappa shape index (κ1) is 13.3. The summed E-state index contributed by atoms with van der Waals surface area (Å²) in [6, 6.07) is 12.7. The number of para-hydroxylation sites is 1. The molecule has 1 aromatic heterocycles. The third kappa shape index (κ3) is 3.08. The molecule has 1 aliphatic heterocycles. The Bertz CT molecular complexity index is 714. The lowest BCUT2D eigenvalue weighted by atomic mass is 10.3. The summed E-state index contributed by atoms with van der Waals surface area (Å²) in [5.74, 6) is 1.34. The molecule has 0 fully saturated rings. The minimum absolute atomic E-state index is 0.128. The van der Waals surface area contributed by atoms with Crippen LogP contribution in [-0.2, 0) is 6.54 Å². The van der Waals surface area contributed by atoms with Crippen LogP contribution in [0.15, 0.2) is 51.9 Å². The van der Waals surface area contributed by atoms with Crippen LogP contribution in [0.25, 0.3) is 0 Å². The van der Waals surface area contributed by atoms with Crippen molar-refractivity contribution < 1.29 is 13.7 Å². The van der Waals surface area contributed by atoms with Crippen LogP contribution in [0.5, 0.6) is 0 Å². The Morgan fingerprint density at radius 1 is 1.29 bits per heavy atom. The second kappa shape index (κ2) is 5.75. The average molecular weight is 282 g/mol. The number of furan rings is 1. The maximum atomic E-state index is 12.0. The van der Waals surface area contributed by atoms with E-state index in [2.05, 4.69) is 9.57 Å². The summed E-state index contributed by atoms with van der Waals surface area (Å²) in [5.41, 5.74) is 0.574. The molecule has 0 spiro atoms. The zero-order chi connectivity index (χ0) is 14.7. The first-order valence-electron chi connectivity index (χ1n) is 6.80. The standard InChI is InChI=1S/C16H16N3O2/c1-13-17-9-10-18(13)11-15-7-8-16(21-15)12-19(20)14-5-3-2-4-6-14/h2-10,12-13H,11H2,1H3/q+1/b19-12-. The molecule has 1 atom stereocenters. The summed E-state index contributed by atoms with van der Waals surface area (Å²) in [6.45, 7) is 2.66. The molecule has 5 heteroatoms. The second-order valence-electron chi connectivity index (χ2n) is 4.85. The summed E-state index contributed by atoms with van der Waals surface area (Å²) in [6.07, 6.45) is 5.28. The van der Waals surface area contributed by atoms with Crippen LogP contribution < -0.4 is 0 Å². The molecular weight excluding hydrogens is 266 g/mol. The van der Waals surface area contributed by atoms with Gasteiger partial charge in [-0.15, -0.1) is 0 Å². The lowest BCUT2D eigenvalue weighted by Gasteiger charge is -2.01. The zero-order valence-corrected chi connectivity index (χ0v) is 11.7. The molecular formula is C16H16N3O2+. The van der Waals surface area contributed by atoms with Crippen molar-refractivity contribution in [3.63, 3.8) is 0 Å². The van der Waals surface area contributed by atoms with Crippen LogP contribution in [0.3, 0.4) is 0 Å². The van der Waals surface area contributed by atoms with Gasteiger partial charge in [0, 0.05) is 19.1 Å². The minimum Gasteiger partial charge on any atom is -0.618 e. The number of nitrogens with zero attached hydrogens (tertiary/aromatic N) is 3. The van der Waals surface area contributed by atoms with E-state index in [0.717, 1.165) is 10.5 Å². The van der Waals surface area contributed by atoms with E-state index in [0.29, 0.717) is 18.0 Å². The van der Waals surface area contributed by atoms with Crippen molar-refractivity contribution in [1.82, 2.24) is 0 Å². The van der Waals surface area contributed by atoms with Gasteiger partial charge in [-0.3, -0.25) is 0 Å². The monoisotopic (exact) mass is 282 g/mol. The number of benzene rings is 1. The molecule has 0 N–H and O–H groups in total. The van der Waals surface area contributed by atoms with Gasteiger partial charge in [-0.2, -0.15) is 4.74 Å². The molecule has 0 saturated heterocycles. The minimum atomic E-state index is 0.128. The van der Waals surface area contributed by atoms with Crippen LogP contribution in [0, 0.1) is 5.21 Å². The van der Waals surface area contributed by atoms with Crippen LogP contribution in [0.4, 0.5) is 5.69 Å². The first-order valence-corrected chi connectivity index (χ1v) is 6.80. The molecule has 0 radical (unpaired) electrons. The number of hydrogen-bond donors (Lipinski definition) is 0. The van der Waals surface area contributed by atoms with Gasteiger partial charge >= 0.3 is 0 Å². The van der Waals surface area contributed by atoms with E-state index in [-0.39, 0.29) is 6.17 Å². The van der Waals surface area contributed by atoms with Gasteiger partial charge in [-0.05, 0) is 12.1 Å². The summed E-state index contributed by atoms with van der Waals surface area (Å²) in [4.78, 5) is 4.25. The molecule has 0 amide bonds. The molecule has 0 saturated carbocycles.